The molecule has 0 aliphatic heterocycles. The number of nitrogens with zero attached hydrogens (tertiary/aromatic N) is 1. The number of esters is 1. The third kappa shape index (κ3) is 4.81. The predicted molar refractivity (Wildman–Crippen MR) is 112 cm³/mol. The molecule has 0 N–H and O–H groups in total. The van der Waals surface area contributed by atoms with E-state index < -0.39 is 11.8 Å². The van der Waals surface area contributed by atoms with E-state index in [2.05, 4.69) is 9.73 Å². The van der Waals surface area contributed by atoms with Gasteiger partial charge >= 0.3 is 5.97 Å². The molecule has 1 aliphatic rings. The quantitative estimate of drug-likeness (QED) is 0.196. The van der Waals surface area contributed by atoms with Gasteiger partial charge in [-0.25, -0.2) is 9.79 Å². The van der Waals surface area contributed by atoms with E-state index in [1.807, 2.05) is 43.3 Å². The summed E-state index contributed by atoms with van der Waals surface area (Å²) >= 11 is 1.57. The number of carbonyl (C=O) groups is 2. The second kappa shape index (κ2) is 9.55. The number of thioether (sulfide) groups is 1. The molecule has 1 fully saturated rings. The monoisotopic (exact) mass is 397 g/mol. The second-order valence-electron chi connectivity index (χ2n) is 6.44. The van der Waals surface area contributed by atoms with Gasteiger partial charge in [-0.2, -0.15) is 0 Å². The van der Waals surface area contributed by atoms with Gasteiger partial charge in [0.2, 0.25) is 0 Å². The van der Waals surface area contributed by atoms with E-state index in [1.165, 1.54) is 7.11 Å². The van der Waals surface area contributed by atoms with Gasteiger partial charge in [-0.3, -0.25) is 4.79 Å². The molecule has 0 bridgehead atoms. The fourth-order valence-corrected chi connectivity index (χ4v) is 4.14. The molecule has 146 valence electrons. The van der Waals surface area contributed by atoms with E-state index in [0.29, 0.717) is 18.1 Å². The zero-order valence-corrected chi connectivity index (χ0v) is 16.8. The van der Waals surface area contributed by atoms with Crippen molar-refractivity contribution in [2.45, 2.75) is 25.0 Å². The van der Waals surface area contributed by atoms with Crippen LogP contribution in [0.25, 0.3) is 0 Å². The third-order valence-corrected chi connectivity index (χ3v) is 5.66. The summed E-state index contributed by atoms with van der Waals surface area (Å²) in [5.74, 6) is -0.245. The minimum absolute atomic E-state index is 0.0628. The van der Waals surface area contributed by atoms with Crippen molar-refractivity contribution >= 4 is 34.7 Å². The molecule has 28 heavy (non-hydrogen) atoms. The molecule has 0 aromatic heterocycles. The fraction of sp³-hybridized carbons (Fsp3) is 0.318. The van der Waals surface area contributed by atoms with Gasteiger partial charge in [0.1, 0.15) is 11.4 Å². The van der Waals surface area contributed by atoms with E-state index in [9.17, 15) is 9.59 Å². The number of carbonyl (C=O) groups excluding carboxylic acids is 2. The molecule has 0 spiro atoms. The van der Waals surface area contributed by atoms with Gasteiger partial charge in [-0.15, -0.1) is 11.8 Å². The number of Topliss-reactive ketones (excluding diaryl/α,β-unsaturated/α-hetero) is 1. The van der Waals surface area contributed by atoms with Crippen molar-refractivity contribution in [2.75, 3.05) is 13.7 Å². The Bertz CT molecular complexity index is 876. The SMILES string of the molecule is CCOc1ccccc1N=CSC(c1ccccc1C(=O)C(=O)OC)C1CC1. The topological polar surface area (TPSA) is 65.0 Å². The van der Waals surface area contributed by atoms with Crippen molar-refractivity contribution < 1.29 is 19.1 Å². The van der Waals surface area contributed by atoms with Crippen molar-refractivity contribution in [2.24, 2.45) is 10.9 Å². The number of hydrogen-bond acceptors (Lipinski definition) is 6. The fourth-order valence-electron chi connectivity index (χ4n) is 2.99. The Morgan fingerprint density at radius 3 is 2.61 bits per heavy atom. The zero-order valence-electron chi connectivity index (χ0n) is 16.0. The first-order chi connectivity index (χ1) is 13.7. The van der Waals surface area contributed by atoms with Crippen LogP contribution >= 0.6 is 11.8 Å². The molecule has 5 nitrogen and oxygen atoms in total. The van der Waals surface area contributed by atoms with Gasteiger partial charge in [-0.05, 0) is 43.4 Å². The van der Waals surface area contributed by atoms with Crippen LogP contribution in [0.5, 0.6) is 5.75 Å². The molecule has 1 saturated carbocycles. The lowest BCUT2D eigenvalue weighted by Crippen LogP contribution is -2.18. The van der Waals surface area contributed by atoms with Gasteiger partial charge in [0, 0.05) is 10.8 Å². The number of rotatable bonds is 9. The van der Waals surface area contributed by atoms with E-state index in [4.69, 9.17) is 4.74 Å². The molecule has 1 unspecified atom stereocenters. The van der Waals surface area contributed by atoms with Crippen LogP contribution in [0.15, 0.2) is 53.5 Å². The van der Waals surface area contributed by atoms with Crippen molar-refractivity contribution in [3.8, 4) is 5.75 Å². The normalized spacial score (nSPS) is 14.6. The summed E-state index contributed by atoms with van der Waals surface area (Å²) in [6.45, 7) is 2.51. The largest absolute Gasteiger partial charge is 0.492 e. The van der Waals surface area contributed by atoms with Crippen molar-refractivity contribution in [1.82, 2.24) is 0 Å². The van der Waals surface area contributed by atoms with E-state index in [1.54, 1.807) is 29.4 Å². The average Bonchev–Trinajstić information content (AvgIpc) is 3.56. The molecular formula is C22H23NO4S. The van der Waals surface area contributed by atoms with Crippen LogP contribution in [0, 0.1) is 5.92 Å². The Kier molecular flexibility index (Phi) is 6.87. The lowest BCUT2D eigenvalue weighted by molar-refractivity contribution is -0.135. The summed E-state index contributed by atoms with van der Waals surface area (Å²) < 4.78 is 10.2. The van der Waals surface area contributed by atoms with Crippen LogP contribution in [0.4, 0.5) is 5.69 Å². The highest BCUT2D eigenvalue weighted by Crippen LogP contribution is 2.49. The number of ketones is 1. The van der Waals surface area contributed by atoms with Gasteiger partial charge in [-0.1, -0.05) is 36.4 Å². The van der Waals surface area contributed by atoms with Crippen molar-refractivity contribution in [3.05, 3.63) is 59.7 Å². The summed E-state index contributed by atoms with van der Waals surface area (Å²) in [5.41, 5.74) is 3.84. The van der Waals surface area contributed by atoms with E-state index in [-0.39, 0.29) is 5.25 Å². The Balaban J connectivity index is 1.83. The molecule has 1 atom stereocenters. The standard InChI is InChI=1S/C22H23NO4S/c1-3-27-19-11-7-6-10-18(19)23-14-28-21(15-12-13-15)17-9-5-4-8-16(17)20(24)22(25)26-2/h4-11,14-15,21H,3,12-13H2,1-2H3. The number of hydrogen-bond donors (Lipinski definition) is 0. The molecule has 1 aliphatic carbocycles. The third-order valence-electron chi connectivity index (χ3n) is 4.50. The Morgan fingerprint density at radius 2 is 1.89 bits per heavy atom. The van der Waals surface area contributed by atoms with Crippen LogP contribution in [-0.4, -0.2) is 31.0 Å². The van der Waals surface area contributed by atoms with Crippen LogP contribution in [0.2, 0.25) is 0 Å². The summed E-state index contributed by atoms with van der Waals surface area (Å²) in [7, 11) is 1.22. The van der Waals surface area contributed by atoms with Crippen molar-refractivity contribution in [3.63, 3.8) is 0 Å². The zero-order chi connectivity index (χ0) is 19.9. The van der Waals surface area contributed by atoms with Gasteiger partial charge < -0.3 is 9.47 Å². The molecule has 0 radical (unpaired) electrons. The van der Waals surface area contributed by atoms with Crippen LogP contribution in [-0.2, 0) is 9.53 Å². The smallest absolute Gasteiger partial charge is 0.379 e. The highest BCUT2D eigenvalue weighted by Gasteiger charge is 2.35. The Hall–Kier alpha value is -2.60. The van der Waals surface area contributed by atoms with E-state index in [0.717, 1.165) is 29.8 Å². The number of para-hydroxylation sites is 2. The first kappa shape index (κ1) is 20.1. The molecule has 0 heterocycles. The summed E-state index contributed by atoms with van der Waals surface area (Å²) in [6.07, 6.45) is 2.20. The van der Waals surface area contributed by atoms with E-state index >= 15 is 0 Å². The molecule has 2 aromatic rings. The summed E-state index contributed by atoms with van der Waals surface area (Å²) in [4.78, 5) is 28.7. The maximum absolute atomic E-state index is 12.4. The number of benzene rings is 2. The van der Waals surface area contributed by atoms with Crippen molar-refractivity contribution in [1.29, 1.82) is 0 Å². The van der Waals surface area contributed by atoms with Crippen LogP contribution in [0.3, 0.4) is 0 Å². The number of aliphatic imine (C=N–C) groups is 1. The van der Waals surface area contributed by atoms with Gasteiger partial charge in [0.15, 0.2) is 0 Å². The predicted octanol–water partition coefficient (Wildman–Crippen LogP) is 4.99. The average molecular weight is 397 g/mol. The maximum Gasteiger partial charge on any atom is 0.379 e. The van der Waals surface area contributed by atoms with Crippen LogP contribution in [0.1, 0.15) is 40.9 Å². The minimum Gasteiger partial charge on any atom is -0.492 e. The van der Waals surface area contributed by atoms with Gasteiger partial charge in [0.25, 0.3) is 5.78 Å². The molecular weight excluding hydrogens is 374 g/mol. The van der Waals surface area contributed by atoms with Gasteiger partial charge in [0.05, 0.1) is 19.3 Å². The first-order valence-electron chi connectivity index (χ1n) is 9.27. The minimum atomic E-state index is -0.841. The highest BCUT2D eigenvalue weighted by atomic mass is 32.2. The number of methoxy groups -OCH3 is 1. The molecule has 2 aromatic carbocycles. The lowest BCUT2D eigenvalue weighted by atomic mass is 9.98. The highest BCUT2D eigenvalue weighted by molar-refractivity contribution is 8.12. The summed E-state index contributed by atoms with van der Waals surface area (Å²) in [6, 6.07) is 14.9. The molecule has 0 amide bonds. The lowest BCUT2D eigenvalue weighted by Gasteiger charge is -2.17. The maximum atomic E-state index is 12.4. The number of ether oxygens (including phenoxy) is 2. The Morgan fingerprint density at radius 1 is 1.18 bits per heavy atom. The summed E-state index contributed by atoms with van der Waals surface area (Å²) in [5, 5.41) is 0.0628. The second-order valence-corrected chi connectivity index (χ2v) is 7.43. The molecule has 6 heteroatoms. The first-order valence-corrected chi connectivity index (χ1v) is 10.2. The molecule has 3 rings (SSSR count). The molecule has 0 saturated heterocycles. The van der Waals surface area contributed by atoms with Crippen LogP contribution < -0.4 is 4.74 Å². The Labute approximate surface area is 169 Å².